The summed E-state index contributed by atoms with van der Waals surface area (Å²) in [4.78, 5) is 21.7. The molecule has 8 nitrogen and oxygen atoms in total. The molecule has 0 spiro atoms. The smallest absolute Gasteiger partial charge is 0.195 e. The van der Waals surface area contributed by atoms with Crippen molar-refractivity contribution in [1.82, 2.24) is 18.8 Å². The molecule has 0 saturated heterocycles. The van der Waals surface area contributed by atoms with Crippen molar-refractivity contribution in [2.24, 2.45) is 0 Å². The lowest BCUT2D eigenvalue weighted by molar-refractivity contribution is 0.100. The molecule has 0 amide bonds. The zero-order valence-corrected chi connectivity index (χ0v) is 17.4. The molecule has 0 aliphatic rings. The van der Waals surface area contributed by atoms with Crippen molar-refractivity contribution in [3.05, 3.63) is 48.5 Å². The second-order valence-corrected chi connectivity index (χ2v) is 6.96. The quantitative estimate of drug-likeness (QED) is 0.337. The zero-order chi connectivity index (χ0) is 21.1. The highest BCUT2D eigenvalue weighted by Crippen LogP contribution is 2.33. The van der Waals surface area contributed by atoms with Crippen molar-refractivity contribution < 1.29 is 14.3 Å². The van der Waals surface area contributed by atoms with E-state index in [0.717, 1.165) is 29.2 Å². The third-order valence-electron chi connectivity index (χ3n) is 4.76. The average Bonchev–Trinajstić information content (AvgIpc) is 3.31. The summed E-state index contributed by atoms with van der Waals surface area (Å²) in [6.45, 7) is 5.36. The van der Waals surface area contributed by atoms with Gasteiger partial charge in [0.05, 0.1) is 18.7 Å². The highest BCUT2D eigenvalue weighted by atomic mass is 16.5. The van der Waals surface area contributed by atoms with Gasteiger partial charge in [-0.2, -0.15) is 0 Å². The first kappa shape index (κ1) is 19.9. The summed E-state index contributed by atoms with van der Waals surface area (Å²) < 4.78 is 14.8. The molecule has 1 N–H and O–H groups in total. The van der Waals surface area contributed by atoms with Gasteiger partial charge in [0.1, 0.15) is 28.6 Å². The van der Waals surface area contributed by atoms with Crippen LogP contribution >= 0.6 is 0 Å². The lowest BCUT2D eigenvalue weighted by Crippen LogP contribution is -2.10. The van der Waals surface area contributed by atoms with Crippen LogP contribution in [0.4, 0.5) is 5.82 Å². The standard InChI is InChI=1S/C22H25N5O3/c1-4-12-30-16-8-11-26-17(14-16)19(25-21(26)15(2)28)20-22(23-9-13-29-3)27-10-6-5-7-18(27)24-20/h5-8,10-11,14,23H,4,9,12-13H2,1-3H3. The average molecular weight is 407 g/mol. The molecule has 4 aromatic heterocycles. The molecule has 8 heteroatoms. The van der Waals surface area contributed by atoms with Gasteiger partial charge in [0.2, 0.25) is 0 Å². The van der Waals surface area contributed by atoms with Gasteiger partial charge in [-0.3, -0.25) is 13.6 Å². The minimum absolute atomic E-state index is 0.115. The predicted molar refractivity (Wildman–Crippen MR) is 116 cm³/mol. The van der Waals surface area contributed by atoms with Crippen molar-refractivity contribution in [1.29, 1.82) is 0 Å². The molecule has 0 fully saturated rings. The van der Waals surface area contributed by atoms with Gasteiger partial charge in [-0.1, -0.05) is 13.0 Å². The Kier molecular flexibility index (Phi) is 5.67. The maximum atomic E-state index is 12.3. The van der Waals surface area contributed by atoms with Gasteiger partial charge in [0, 0.05) is 39.0 Å². The number of nitrogens with one attached hydrogen (secondary N) is 1. The highest BCUT2D eigenvalue weighted by Gasteiger charge is 2.22. The van der Waals surface area contributed by atoms with E-state index in [-0.39, 0.29) is 5.78 Å². The fraction of sp³-hybridized carbons (Fsp3) is 0.318. The fourth-order valence-electron chi connectivity index (χ4n) is 3.40. The van der Waals surface area contributed by atoms with Gasteiger partial charge in [-0.15, -0.1) is 0 Å². The van der Waals surface area contributed by atoms with Crippen LogP contribution in [-0.4, -0.2) is 51.4 Å². The fourth-order valence-corrected chi connectivity index (χ4v) is 3.40. The van der Waals surface area contributed by atoms with Crippen LogP contribution < -0.4 is 10.1 Å². The third kappa shape index (κ3) is 3.61. The van der Waals surface area contributed by atoms with E-state index >= 15 is 0 Å². The van der Waals surface area contributed by atoms with Crippen molar-refractivity contribution in [3.8, 4) is 17.1 Å². The van der Waals surface area contributed by atoms with Crippen LogP contribution in [0.2, 0.25) is 0 Å². The topological polar surface area (TPSA) is 82.2 Å². The zero-order valence-electron chi connectivity index (χ0n) is 17.4. The van der Waals surface area contributed by atoms with E-state index in [1.165, 1.54) is 6.92 Å². The van der Waals surface area contributed by atoms with E-state index < -0.39 is 0 Å². The number of methoxy groups -OCH3 is 1. The number of ether oxygens (including phenoxy) is 2. The second-order valence-electron chi connectivity index (χ2n) is 6.96. The first-order chi connectivity index (χ1) is 14.6. The SMILES string of the molecule is CCCOc1ccn2c(C(C)=O)nc(-c3nc4ccccn4c3NCCOC)c2c1. The van der Waals surface area contributed by atoms with E-state index in [1.54, 1.807) is 11.5 Å². The molecule has 0 radical (unpaired) electrons. The summed E-state index contributed by atoms with van der Waals surface area (Å²) in [6.07, 6.45) is 4.68. The molecule has 0 unspecified atom stereocenters. The molecule has 0 bridgehead atoms. The van der Waals surface area contributed by atoms with Crippen molar-refractivity contribution in [2.45, 2.75) is 20.3 Å². The van der Waals surface area contributed by atoms with E-state index in [0.29, 0.717) is 37.0 Å². The molecule has 0 aromatic carbocycles. The Labute approximate surface area is 174 Å². The number of carbonyl (C=O) groups is 1. The number of pyridine rings is 2. The Hall–Kier alpha value is -3.39. The largest absolute Gasteiger partial charge is 0.493 e. The summed E-state index contributed by atoms with van der Waals surface area (Å²) in [5.74, 6) is 1.79. The summed E-state index contributed by atoms with van der Waals surface area (Å²) in [5.41, 5.74) is 2.86. The van der Waals surface area contributed by atoms with Crippen molar-refractivity contribution in [2.75, 3.05) is 32.2 Å². The number of Topliss-reactive ketones (excluding diaryl/α,β-unsaturated/α-hetero) is 1. The van der Waals surface area contributed by atoms with Gasteiger partial charge in [-0.05, 0) is 24.6 Å². The van der Waals surface area contributed by atoms with Gasteiger partial charge in [-0.25, -0.2) is 9.97 Å². The Balaban J connectivity index is 1.92. The van der Waals surface area contributed by atoms with Crippen molar-refractivity contribution in [3.63, 3.8) is 0 Å². The number of imidazole rings is 2. The Morgan fingerprint density at radius 2 is 1.97 bits per heavy atom. The maximum absolute atomic E-state index is 12.3. The van der Waals surface area contributed by atoms with Gasteiger partial charge >= 0.3 is 0 Å². The van der Waals surface area contributed by atoms with Crippen molar-refractivity contribution >= 4 is 22.8 Å². The minimum Gasteiger partial charge on any atom is -0.493 e. The van der Waals surface area contributed by atoms with Crippen LogP contribution in [-0.2, 0) is 4.74 Å². The molecule has 30 heavy (non-hydrogen) atoms. The van der Waals surface area contributed by atoms with E-state index in [1.807, 2.05) is 47.1 Å². The molecule has 4 aromatic rings. The van der Waals surface area contributed by atoms with E-state index in [2.05, 4.69) is 17.2 Å². The van der Waals surface area contributed by atoms with Gasteiger partial charge in [0.25, 0.3) is 0 Å². The lowest BCUT2D eigenvalue weighted by Gasteiger charge is -2.08. The minimum atomic E-state index is -0.115. The molecule has 156 valence electrons. The first-order valence-electron chi connectivity index (χ1n) is 10.00. The number of rotatable bonds is 9. The van der Waals surface area contributed by atoms with E-state index in [9.17, 15) is 4.79 Å². The molecule has 0 saturated carbocycles. The lowest BCUT2D eigenvalue weighted by atomic mass is 10.2. The van der Waals surface area contributed by atoms with Crippen LogP contribution in [0.3, 0.4) is 0 Å². The first-order valence-corrected chi connectivity index (χ1v) is 10.00. The van der Waals surface area contributed by atoms with Gasteiger partial charge < -0.3 is 14.8 Å². The number of fused-ring (bicyclic) bond motifs is 2. The maximum Gasteiger partial charge on any atom is 0.195 e. The molecule has 0 aliphatic carbocycles. The third-order valence-corrected chi connectivity index (χ3v) is 4.76. The van der Waals surface area contributed by atoms with Crippen LogP contribution in [0.15, 0.2) is 42.7 Å². The van der Waals surface area contributed by atoms with Crippen LogP contribution in [0.1, 0.15) is 30.9 Å². The second kappa shape index (κ2) is 8.54. The van der Waals surface area contributed by atoms with Gasteiger partial charge in [0.15, 0.2) is 11.6 Å². The number of ketones is 1. The molecule has 4 rings (SSSR count). The predicted octanol–water partition coefficient (Wildman–Crippen LogP) is 3.70. The normalized spacial score (nSPS) is 11.3. The Bertz CT molecular complexity index is 1190. The summed E-state index contributed by atoms with van der Waals surface area (Å²) in [6, 6.07) is 9.58. The van der Waals surface area contributed by atoms with E-state index in [4.69, 9.17) is 14.5 Å². The molecule has 0 aliphatic heterocycles. The molecular formula is C22H25N5O3. The van der Waals surface area contributed by atoms with Crippen LogP contribution in [0.25, 0.3) is 22.6 Å². The Morgan fingerprint density at radius 1 is 1.10 bits per heavy atom. The molecule has 4 heterocycles. The number of anilines is 1. The number of nitrogens with zero attached hydrogens (tertiary/aromatic N) is 4. The van der Waals surface area contributed by atoms with Crippen LogP contribution in [0.5, 0.6) is 5.75 Å². The number of hydrogen-bond donors (Lipinski definition) is 1. The summed E-state index contributed by atoms with van der Waals surface area (Å²) in [5, 5.41) is 3.40. The number of aromatic nitrogens is 4. The van der Waals surface area contributed by atoms with Crippen LogP contribution in [0, 0.1) is 0 Å². The number of hydrogen-bond acceptors (Lipinski definition) is 6. The molecular weight excluding hydrogens is 382 g/mol. The Morgan fingerprint density at radius 3 is 2.73 bits per heavy atom. The highest BCUT2D eigenvalue weighted by molar-refractivity contribution is 5.95. The molecule has 0 atom stereocenters. The monoisotopic (exact) mass is 407 g/mol. The summed E-state index contributed by atoms with van der Waals surface area (Å²) >= 11 is 0. The summed E-state index contributed by atoms with van der Waals surface area (Å²) in [7, 11) is 1.66. The number of carbonyl (C=O) groups excluding carboxylic acids is 1.